The summed E-state index contributed by atoms with van der Waals surface area (Å²) in [5.41, 5.74) is 0.222. The van der Waals surface area contributed by atoms with Crippen molar-refractivity contribution in [1.29, 1.82) is 0 Å². The van der Waals surface area contributed by atoms with Gasteiger partial charge in [0.2, 0.25) is 0 Å². The zero-order valence-corrected chi connectivity index (χ0v) is 21.7. The second-order valence-corrected chi connectivity index (χ2v) is 10.2. The van der Waals surface area contributed by atoms with E-state index in [0.717, 1.165) is 30.3 Å². The Morgan fingerprint density at radius 3 is 1.90 bits per heavy atom. The minimum atomic E-state index is -1.58. The van der Waals surface area contributed by atoms with Gasteiger partial charge >= 0.3 is 0 Å². The molecule has 4 atom stereocenters. The molecule has 4 aromatic rings. The van der Waals surface area contributed by atoms with Crippen molar-refractivity contribution in [2.24, 2.45) is 0 Å². The first-order valence-corrected chi connectivity index (χ1v) is 12.7. The minimum Gasteiger partial charge on any atom is -0.508 e. The van der Waals surface area contributed by atoms with Crippen LogP contribution in [0.15, 0.2) is 54.6 Å². The highest BCUT2D eigenvalue weighted by Crippen LogP contribution is 2.51. The van der Waals surface area contributed by atoms with E-state index in [1.165, 1.54) is 24.3 Å². The Balaban J connectivity index is 1.68. The second kappa shape index (κ2) is 10.7. The summed E-state index contributed by atoms with van der Waals surface area (Å²) in [6.45, 7) is 0. The van der Waals surface area contributed by atoms with Crippen LogP contribution in [0.4, 0.5) is 0 Å². The summed E-state index contributed by atoms with van der Waals surface area (Å²) in [7, 11) is 0. The fourth-order valence-corrected chi connectivity index (χ4v) is 5.33. The van der Waals surface area contributed by atoms with Crippen molar-refractivity contribution in [3.63, 3.8) is 0 Å². The maximum atomic E-state index is 11.6. The molecule has 42 heavy (non-hydrogen) atoms. The van der Waals surface area contributed by atoms with Crippen LogP contribution in [0, 0.1) is 0 Å². The monoisotopic (exact) mass is 580 g/mol. The van der Waals surface area contributed by atoms with Crippen LogP contribution in [0.3, 0.4) is 0 Å². The smallest absolute Gasteiger partial charge is 0.157 e. The van der Waals surface area contributed by atoms with Crippen LogP contribution in [0.1, 0.15) is 39.8 Å². The fourth-order valence-electron chi connectivity index (χ4n) is 5.33. The van der Waals surface area contributed by atoms with E-state index in [9.17, 15) is 56.2 Å². The summed E-state index contributed by atoms with van der Waals surface area (Å²) in [6.07, 6.45) is -4.64. The molecule has 1 aliphatic rings. The Kier molecular flexibility index (Phi) is 7.19. The molecular weight excluding hydrogens is 552 g/mol. The molecule has 2 unspecified atom stereocenters. The lowest BCUT2D eigenvalue weighted by Crippen LogP contribution is -2.32. The number of benzene rings is 4. The van der Waals surface area contributed by atoms with Crippen molar-refractivity contribution in [3.05, 3.63) is 82.4 Å². The van der Waals surface area contributed by atoms with Crippen molar-refractivity contribution < 1.29 is 60.9 Å². The summed E-state index contributed by atoms with van der Waals surface area (Å²) in [4.78, 5) is 0. The summed E-state index contributed by atoms with van der Waals surface area (Å²) < 4.78 is 6.12. The van der Waals surface area contributed by atoms with E-state index in [0.29, 0.717) is 0 Å². The van der Waals surface area contributed by atoms with Crippen molar-refractivity contribution in [1.82, 2.24) is 0 Å². The Hall–Kier alpha value is -5.20. The minimum absolute atomic E-state index is 0.0741. The van der Waals surface area contributed by atoms with Gasteiger partial charge in [0, 0.05) is 53.6 Å². The molecule has 4 aromatic carbocycles. The Morgan fingerprint density at radius 1 is 0.667 bits per heavy atom. The summed E-state index contributed by atoms with van der Waals surface area (Å²) >= 11 is 0. The molecule has 220 valence electrons. The van der Waals surface area contributed by atoms with Gasteiger partial charge in [-0.2, -0.15) is 0 Å². The fraction of sp³-hybridized carbons (Fsp3) is 0.200. The van der Waals surface area contributed by atoms with E-state index in [-0.39, 0.29) is 40.0 Å². The predicted molar refractivity (Wildman–Crippen MR) is 145 cm³/mol. The molecule has 0 aromatic heterocycles. The summed E-state index contributed by atoms with van der Waals surface area (Å²) in [5.74, 6) is -5.79. The average molecular weight is 581 g/mol. The number of fused-ring (bicyclic) bond motifs is 1. The van der Waals surface area contributed by atoms with E-state index in [2.05, 4.69) is 0 Å². The van der Waals surface area contributed by atoms with Crippen LogP contribution in [0.2, 0.25) is 0 Å². The first-order chi connectivity index (χ1) is 19.8. The maximum absolute atomic E-state index is 11.6. The third-order valence-corrected chi connectivity index (χ3v) is 7.37. The first-order valence-electron chi connectivity index (χ1n) is 12.7. The SMILES string of the molecule is Oc1cc(O)c(C[C@H](O)C(c2ccc(O)c(O)c2)c2c(O)cc(O)c3c2O[C@H](c2ccc(O)c(O)c2)C(O)C3)c(O)c1. The molecule has 5 rings (SSSR count). The van der Waals surface area contributed by atoms with Gasteiger partial charge in [-0.05, 0) is 35.4 Å². The molecular formula is C30H28O12. The lowest BCUT2D eigenvalue weighted by atomic mass is 9.80. The third-order valence-electron chi connectivity index (χ3n) is 7.37. The topological polar surface area (TPSA) is 232 Å². The summed E-state index contributed by atoms with van der Waals surface area (Å²) in [5, 5.41) is 115. The van der Waals surface area contributed by atoms with E-state index < -0.39 is 82.4 Å². The molecule has 12 heteroatoms. The van der Waals surface area contributed by atoms with Gasteiger partial charge in [0.15, 0.2) is 23.0 Å². The van der Waals surface area contributed by atoms with Crippen LogP contribution >= 0.6 is 0 Å². The molecule has 12 nitrogen and oxygen atoms in total. The first kappa shape index (κ1) is 28.3. The van der Waals surface area contributed by atoms with Gasteiger partial charge < -0.3 is 60.9 Å². The van der Waals surface area contributed by atoms with Gasteiger partial charge in [0.1, 0.15) is 40.6 Å². The molecule has 11 N–H and O–H groups in total. The molecule has 0 saturated heterocycles. The van der Waals surface area contributed by atoms with Crippen LogP contribution in [-0.2, 0) is 12.8 Å². The highest BCUT2D eigenvalue weighted by Gasteiger charge is 2.39. The van der Waals surface area contributed by atoms with Crippen molar-refractivity contribution in [2.75, 3.05) is 0 Å². The second-order valence-electron chi connectivity index (χ2n) is 10.2. The van der Waals surface area contributed by atoms with E-state index in [4.69, 9.17) is 4.74 Å². The van der Waals surface area contributed by atoms with Crippen molar-refractivity contribution >= 4 is 0 Å². The predicted octanol–water partition coefficient (Wildman–Crippen LogP) is 2.81. The number of phenols is 9. The zero-order chi connectivity index (χ0) is 30.5. The molecule has 0 fully saturated rings. The van der Waals surface area contributed by atoms with Gasteiger partial charge in [0.25, 0.3) is 0 Å². The van der Waals surface area contributed by atoms with Crippen LogP contribution < -0.4 is 4.74 Å². The van der Waals surface area contributed by atoms with Gasteiger partial charge in [-0.25, -0.2) is 0 Å². The lowest BCUT2D eigenvalue weighted by molar-refractivity contribution is 0.0181. The van der Waals surface area contributed by atoms with Crippen LogP contribution in [0.5, 0.6) is 57.5 Å². The molecule has 0 spiro atoms. The molecule has 0 amide bonds. The molecule has 0 radical (unpaired) electrons. The van der Waals surface area contributed by atoms with Gasteiger partial charge in [-0.3, -0.25) is 0 Å². The number of hydrogen-bond acceptors (Lipinski definition) is 12. The van der Waals surface area contributed by atoms with Crippen LogP contribution in [-0.4, -0.2) is 68.4 Å². The van der Waals surface area contributed by atoms with E-state index in [1.807, 2.05) is 0 Å². The van der Waals surface area contributed by atoms with Crippen molar-refractivity contribution in [3.8, 4) is 57.5 Å². The zero-order valence-electron chi connectivity index (χ0n) is 21.7. The molecule has 0 saturated carbocycles. The number of ether oxygens (including phenoxy) is 1. The lowest BCUT2D eigenvalue weighted by Gasteiger charge is -2.35. The number of aliphatic hydroxyl groups excluding tert-OH is 2. The highest BCUT2D eigenvalue weighted by atomic mass is 16.5. The average Bonchev–Trinajstić information content (AvgIpc) is 2.91. The quantitative estimate of drug-likeness (QED) is 0.148. The van der Waals surface area contributed by atoms with Gasteiger partial charge in [0.05, 0.1) is 12.2 Å². The highest BCUT2D eigenvalue weighted by molar-refractivity contribution is 5.62. The Morgan fingerprint density at radius 2 is 1.29 bits per heavy atom. The standard InChI is InChI=1S/C30H28O12/c31-14-7-19(34)15(20(35)8-14)9-24(39)27(12-1-3-17(32)22(37)5-12)28-25(40)11-21(36)16-10-26(41)29(42-30(16)28)13-2-4-18(33)23(38)6-13/h1-8,11,24,26-27,29,31-41H,9-10H2/t24-,26?,27?,29+/m0/s1. The Bertz CT molecular complexity index is 1640. The van der Waals surface area contributed by atoms with Gasteiger partial charge in [-0.1, -0.05) is 12.1 Å². The van der Waals surface area contributed by atoms with E-state index >= 15 is 0 Å². The van der Waals surface area contributed by atoms with Crippen molar-refractivity contribution in [2.45, 2.75) is 37.1 Å². The Labute approximate surface area is 238 Å². The van der Waals surface area contributed by atoms with Crippen LogP contribution in [0.25, 0.3) is 0 Å². The number of phenolic OH excluding ortho intramolecular Hbond substituents is 9. The molecule has 0 aliphatic carbocycles. The molecule has 0 bridgehead atoms. The number of aromatic hydroxyl groups is 9. The summed E-state index contributed by atoms with van der Waals surface area (Å²) in [6, 6.07) is 10.3. The van der Waals surface area contributed by atoms with E-state index in [1.54, 1.807) is 0 Å². The number of rotatable bonds is 6. The molecule has 1 aliphatic heterocycles. The van der Waals surface area contributed by atoms with Gasteiger partial charge in [-0.15, -0.1) is 0 Å². The normalized spacial score (nSPS) is 17.7. The number of hydrogen-bond donors (Lipinski definition) is 11. The molecule has 1 heterocycles. The number of aliphatic hydroxyl groups is 2. The third kappa shape index (κ3) is 5.04. The largest absolute Gasteiger partial charge is 0.508 e. The maximum Gasteiger partial charge on any atom is 0.157 e.